The van der Waals surface area contributed by atoms with Gasteiger partial charge in [-0.3, -0.25) is 14.5 Å². The van der Waals surface area contributed by atoms with Crippen molar-refractivity contribution in [2.75, 3.05) is 44.6 Å². The van der Waals surface area contributed by atoms with Gasteiger partial charge in [0.15, 0.2) is 0 Å². The van der Waals surface area contributed by atoms with E-state index in [1.807, 2.05) is 30.3 Å². The van der Waals surface area contributed by atoms with Crippen LogP contribution in [0.3, 0.4) is 0 Å². The van der Waals surface area contributed by atoms with Crippen molar-refractivity contribution >= 4 is 29.4 Å². The Hall–Kier alpha value is -2.36. The Morgan fingerprint density at radius 1 is 1.11 bits per heavy atom. The zero-order chi connectivity index (χ0) is 19.5. The number of fused-ring (bicyclic) bond motifs is 1. The summed E-state index contributed by atoms with van der Waals surface area (Å²) in [6.07, 6.45) is 0. The average Bonchev–Trinajstić information content (AvgIpc) is 3.31. The number of benzene rings is 1. The lowest BCUT2D eigenvalue weighted by atomic mass is 10.2. The second-order valence-corrected chi connectivity index (χ2v) is 7.81. The standard InChI is InChI=1S/C19H23N5O3S/c25-11-10-22-6-8-23(9-7-22)19(27)18(26)20-17-15-12-28-13-16(15)21-24(17)14-4-2-1-3-5-14/h1-5,25H,6-13H2,(H,20,26). The molecule has 2 N–H and O–H groups in total. The van der Waals surface area contributed by atoms with Crippen molar-refractivity contribution in [2.45, 2.75) is 11.5 Å². The van der Waals surface area contributed by atoms with Crippen LogP contribution in [0.1, 0.15) is 11.3 Å². The van der Waals surface area contributed by atoms with Crippen LogP contribution in [0.4, 0.5) is 5.82 Å². The molecular weight excluding hydrogens is 378 g/mol. The number of hydrogen-bond acceptors (Lipinski definition) is 6. The topological polar surface area (TPSA) is 90.7 Å². The molecule has 0 unspecified atom stereocenters. The van der Waals surface area contributed by atoms with Crippen molar-refractivity contribution < 1.29 is 14.7 Å². The fourth-order valence-corrected chi connectivity index (χ4v) is 4.55. The molecule has 9 heteroatoms. The summed E-state index contributed by atoms with van der Waals surface area (Å²) < 4.78 is 1.72. The normalized spacial score (nSPS) is 16.8. The van der Waals surface area contributed by atoms with E-state index in [0.717, 1.165) is 28.5 Å². The van der Waals surface area contributed by atoms with E-state index in [2.05, 4.69) is 15.3 Å². The monoisotopic (exact) mass is 401 g/mol. The molecule has 0 aliphatic carbocycles. The molecule has 3 heterocycles. The number of β-amino-alcohol motifs (C(OH)–C–C–N with tert-alkyl or cyclic N) is 1. The van der Waals surface area contributed by atoms with Crippen LogP contribution in [-0.4, -0.2) is 75.8 Å². The number of thioether (sulfide) groups is 1. The molecule has 2 aromatic rings. The lowest BCUT2D eigenvalue weighted by molar-refractivity contribution is -0.144. The summed E-state index contributed by atoms with van der Waals surface area (Å²) in [6.45, 7) is 2.98. The Balaban J connectivity index is 1.50. The van der Waals surface area contributed by atoms with E-state index in [9.17, 15) is 9.59 Å². The summed E-state index contributed by atoms with van der Waals surface area (Å²) in [7, 11) is 0. The molecule has 8 nitrogen and oxygen atoms in total. The Kier molecular flexibility index (Phi) is 5.65. The summed E-state index contributed by atoms with van der Waals surface area (Å²) in [6, 6.07) is 9.61. The Labute approximate surface area is 167 Å². The predicted molar refractivity (Wildman–Crippen MR) is 107 cm³/mol. The molecule has 1 aromatic heterocycles. The molecule has 4 rings (SSSR count). The van der Waals surface area contributed by atoms with Crippen LogP contribution in [0.2, 0.25) is 0 Å². The second kappa shape index (κ2) is 8.34. The molecule has 2 aliphatic heterocycles. The van der Waals surface area contributed by atoms with Gasteiger partial charge < -0.3 is 15.3 Å². The minimum atomic E-state index is -0.632. The van der Waals surface area contributed by atoms with Gasteiger partial charge in [-0.15, -0.1) is 0 Å². The maximum atomic E-state index is 12.7. The van der Waals surface area contributed by atoms with E-state index in [4.69, 9.17) is 5.11 Å². The molecule has 1 saturated heterocycles. The number of aliphatic hydroxyl groups excluding tert-OH is 1. The van der Waals surface area contributed by atoms with Gasteiger partial charge in [0, 0.05) is 49.8 Å². The van der Waals surface area contributed by atoms with Crippen LogP contribution in [0.15, 0.2) is 30.3 Å². The first-order valence-corrected chi connectivity index (χ1v) is 10.5. The summed E-state index contributed by atoms with van der Waals surface area (Å²) in [5, 5.41) is 16.5. The molecule has 2 aliphatic rings. The quantitative estimate of drug-likeness (QED) is 0.733. The van der Waals surface area contributed by atoms with Crippen molar-refractivity contribution in [3.05, 3.63) is 41.6 Å². The molecule has 1 fully saturated rings. The molecular formula is C19H23N5O3S. The fourth-order valence-electron chi connectivity index (χ4n) is 3.52. The van der Waals surface area contributed by atoms with Crippen LogP contribution in [0, 0.1) is 0 Å². The van der Waals surface area contributed by atoms with Gasteiger partial charge in [0.25, 0.3) is 0 Å². The minimum absolute atomic E-state index is 0.0982. The third-order valence-electron chi connectivity index (χ3n) is 5.05. The van der Waals surface area contributed by atoms with Crippen LogP contribution < -0.4 is 5.32 Å². The van der Waals surface area contributed by atoms with Gasteiger partial charge in [-0.05, 0) is 12.1 Å². The van der Waals surface area contributed by atoms with Crippen LogP contribution in [0.5, 0.6) is 0 Å². The number of nitrogens with zero attached hydrogens (tertiary/aromatic N) is 4. The van der Waals surface area contributed by atoms with Gasteiger partial charge in [-0.1, -0.05) is 18.2 Å². The highest BCUT2D eigenvalue weighted by Gasteiger charge is 2.29. The summed E-state index contributed by atoms with van der Waals surface area (Å²) in [5.74, 6) is 1.00. The maximum absolute atomic E-state index is 12.7. The highest BCUT2D eigenvalue weighted by Crippen LogP contribution is 2.36. The van der Waals surface area contributed by atoms with Crippen molar-refractivity contribution in [3.63, 3.8) is 0 Å². The lowest BCUT2D eigenvalue weighted by Crippen LogP contribution is -2.52. The first-order chi connectivity index (χ1) is 13.7. The smallest absolute Gasteiger partial charge is 0.315 e. The van der Waals surface area contributed by atoms with Gasteiger partial charge in [0.05, 0.1) is 18.0 Å². The minimum Gasteiger partial charge on any atom is -0.395 e. The molecule has 28 heavy (non-hydrogen) atoms. The molecule has 1 aromatic carbocycles. The number of anilines is 1. The zero-order valence-electron chi connectivity index (χ0n) is 15.5. The number of amides is 2. The highest BCUT2D eigenvalue weighted by molar-refractivity contribution is 7.98. The van der Waals surface area contributed by atoms with Gasteiger partial charge >= 0.3 is 11.8 Å². The fraction of sp³-hybridized carbons (Fsp3) is 0.421. The number of para-hydroxylation sites is 1. The van der Waals surface area contributed by atoms with Crippen molar-refractivity contribution in [3.8, 4) is 5.69 Å². The number of hydrogen-bond donors (Lipinski definition) is 2. The van der Waals surface area contributed by atoms with Crippen molar-refractivity contribution in [2.24, 2.45) is 0 Å². The third-order valence-corrected chi connectivity index (χ3v) is 6.02. The Bertz CT molecular complexity index is 862. The molecule has 0 spiro atoms. The number of carbonyl (C=O) groups is 2. The summed E-state index contributed by atoms with van der Waals surface area (Å²) in [4.78, 5) is 29.0. The number of piperazine rings is 1. The van der Waals surface area contributed by atoms with Crippen molar-refractivity contribution in [1.29, 1.82) is 0 Å². The summed E-state index contributed by atoms with van der Waals surface area (Å²) >= 11 is 1.75. The molecule has 0 saturated carbocycles. The van der Waals surface area contributed by atoms with E-state index >= 15 is 0 Å². The Morgan fingerprint density at radius 3 is 2.57 bits per heavy atom. The van der Waals surface area contributed by atoms with Gasteiger partial charge in [0.2, 0.25) is 0 Å². The van der Waals surface area contributed by atoms with E-state index in [0.29, 0.717) is 38.5 Å². The highest BCUT2D eigenvalue weighted by atomic mass is 32.2. The Morgan fingerprint density at radius 2 is 1.86 bits per heavy atom. The lowest BCUT2D eigenvalue weighted by Gasteiger charge is -2.33. The molecule has 2 amide bonds. The van der Waals surface area contributed by atoms with Crippen molar-refractivity contribution in [1.82, 2.24) is 19.6 Å². The molecule has 0 radical (unpaired) electrons. The largest absolute Gasteiger partial charge is 0.395 e. The SMILES string of the molecule is O=C(Nc1c2c(nn1-c1ccccc1)CSC2)C(=O)N1CCN(CCO)CC1. The predicted octanol–water partition coefficient (Wildman–Crippen LogP) is 0.694. The summed E-state index contributed by atoms with van der Waals surface area (Å²) in [5.41, 5.74) is 2.79. The third kappa shape index (κ3) is 3.78. The molecule has 148 valence electrons. The second-order valence-electron chi connectivity index (χ2n) is 6.83. The van der Waals surface area contributed by atoms with Gasteiger partial charge in [-0.2, -0.15) is 16.9 Å². The van der Waals surface area contributed by atoms with E-state index in [-0.39, 0.29) is 6.61 Å². The zero-order valence-corrected chi connectivity index (χ0v) is 16.3. The van der Waals surface area contributed by atoms with Crippen LogP contribution in [0.25, 0.3) is 5.69 Å². The van der Waals surface area contributed by atoms with E-state index in [1.165, 1.54) is 0 Å². The number of aliphatic hydroxyl groups is 1. The van der Waals surface area contributed by atoms with Crippen LogP contribution in [-0.2, 0) is 21.1 Å². The number of nitrogens with one attached hydrogen (secondary N) is 1. The number of aromatic nitrogens is 2. The average molecular weight is 401 g/mol. The molecule has 0 bridgehead atoms. The number of carbonyl (C=O) groups excluding carboxylic acids is 2. The maximum Gasteiger partial charge on any atom is 0.315 e. The van der Waals surface area contributed by atoms with E-state index in [1.54, 1.807) is 21.3 Å². The van der Waals surface area contributed by atoms with Gasteiger partial charge in [-0.25, -0.2) is 4.68 Å². The number of rotatable bonds is 4. The first-order valence-electron chi connectivity index (χ1n) is 9.35. The van der Waals surface area contributed by atoms with Crippen LogP contribution >= 0.6 is 11.8 Å². The first kappa shape index (κ1) is 19.0. The molecule has 0 atom stereocenters. The van der Waals surface area contributed by atoms with Gasteiger partial charge in [0.1, 0.15) is 5.82 Å². The van der Waals surface area contributed by atoms with E-state index < -0.39 is 11.8 Å².